The summed E-state index contributed by atoms with van der Waals surface area (Å²) in [6, 6.07) is 0.580. The van der Waals surface area contributed by atoms with Crippen LogP contribution in [0, 0.1) is 0 Å². The lowest BCUT2D eigenvalue weighted by Crippen LogP contribution is -2.41. The summed E-state index contributed by atoms with van der Waals surface area (Å²) in [5.41, 5.74) is 0. The number of hydrogen-bond acceptors (Lipinski definition) is 2. The lowest BCUT2D eigenvalue weighted by atomic mass is 9.78. The second-order valence-electron chi connectivity index (χ2n) is 5.97. The standard InChI is InChI=1S/C13H24BNO2/c1-9(2)15-11-7-5-3-4-6-10(14)8-12(11)17-13(15)16/h9-12H,3-8,14H2,1-2H3. The number of amides is 1. The summed E-state index contributed by atoms with van der Waals surface area (Å²) in [5.74, 6) is 0.681. The van der Waals surface area contributed by atoms with E-state index in [2.05, 4.69) is 21.7 Å². The highest BCUT2D eigenvalue weighted by Crippen LogP contribution is 2.33. The van der Waals surface area contributed by atoms with Crippen molar-refractivity contribution >= 4 is 13.9 Å². The van der Waals surface area contributed by atoms with Gasteiger partial charge in [-0.05, 0) is 26.7 Å². The van der Waals surface area contributed by atoms with Crippen LogP contribution in [0.15, 0.2) is 0 Å². The van der Waals surface area contributed by atoms with E-state index in [4.69, 9.17) is 4.74 Å². The Kier molecular flexibility index (Phi) is 4.00. The van der Waals surface area contributed by atoms with Crippen molar-refractivity contribution in [2.45, 2.75) is 76.4 Å². The molecule has 96 valence electrons. The van der Waals surface area contributed by atoms with Gasteiger partial charge in [0.15, 0.2) is 0 Å². The zero-order chi connectivity index (χ0) is 12.4. The van der Waals surface area contributed by atoms with Gasteiger partial charge in [0.05, 0.1) is 6.04 Å². The van der Waals surface area contributed by atoms with Crippen molar-refractivity contribution in [1.82, 2.24) is 4.90 Å². The maximum Gasteiger partial charge on any atom is 0.410 e. The van der Waals surface area contributed by atoms with Crippen LogP contribution in [-0.4, -0.2) is 37.0 Å². The monoisotopic (exact) mass is 237 g/mol. The Morgan fingerprint density at radius 3 is 2.71 bits per heavy atom. The lowest BCUT2D eigenvalue weighted by Gasteiger charge is -2.27. The van der Waals surface area contributed by atoms with Crippen molar-refractivity contribution in [3.63, 3.8) is 0 Å². The number of carbonyl (C=O) groups excluding carboxylic acids is 1. The van der Waals surface area contributed by atoms with Crippen molar-refractivity contribution < 1.29 is 9.53 Å². The summed E-state index contributed by atoms with van der Waals surface area (Å²) < 4.78 is 5.59. The SMILES string of the molecule is BC1CCCCCC2C(C1)OC(=O)N2C(C)C. The molecule has 0 bridgehead atoms. The predicted octanol–water partition coefficient (Wildman–Crippen LogP) is 2.36. The van der Waals surface area contributed by atoms with Crippen LogP contribution in [0.1, 0.15) is 52.4 Å². The zero-order valence-corrected chi connectivity index (χ0v) is 11.3. The molecule has 0 N–H and O–H groups in total. The van der Waals surface area contributed by atoms with Gasteiger partial charge in [-0.15, -0.1) is 0 Å². The molecule has 0 spiro atoms. The highest BCUT2D eigenvalue weighted by atomic mass is 16.6. The average Bonchev–Trinajstić information content (AvgIpc) is 2.56. The molecule has 2 fully saturated rings. The van der Waals surface area contributed by atoms with E-state index in [0.717, 1.165) is 12.8 Å². The molecule has 0 aromatic heterocycles. The first kappa shape index (κ1) is 12.8. The van der Waals surface area contributed by atoms with E-state index in [1.54, 1.807) is 0 Å². The summed E-state index contributed by atoms with van der Waals surface area (Å²) in [4.78, 5) is 13.9. The second-order valence-corrected chi connectivity index (χ2v) is 5.97. The molecule has 0 radical (unpaired) electrons. The molecule has 4 heteroatoms. The normalized spacial score (nSPS) is 34.9. The third kappa shape index (κ3) is 2.78. The second kappa shape index (κ2) is 5.32. The number of rotatable bonds is 1. The zero-order valence-electron chi connectivity index (χ0n) is 11.3. The van der Waals surface area contributed by atoms with Crippen LogP contribution in [0.25, 0.3) is 0 Å². The van der Waals surface area contributed by atoms with E-state index in [0.29, 0.717) is 11.9 Å². The highest BCUT2D eigenvalue weighted by Gasteiger charge is 2.42. The van der Waals surface area contributed by atoms with E-state index in [9.17, 15) is 4.79 Å². The van der Waals surface area contributed by atoms with Crippen LogP contribution < -0.4 is 0 Å². The highest BCUT2D eigenvalue weighted by molar-refractivity contribution is 6.11. The molecule has 3 atom stereocenters. The number of nitrogens with zero attached hydrogens (tertiary/aromatic N) is 1. The minimum atomic E-state index is -0.0947. The molecular formula is C13H24BNO2. The summed E-state index contributed by atoms with van der Waals surface area (Å²) in [5, 5.41) is 0. The van der Waals surface area contributed by atoms with E-state index >= 15 is 0 Å². The Morgan fingerprint density at radius 1 is 1.29 bits per heavy atom. The first-order chi connectivity index (χ1) is 8.09. The molecule has 1 amide bonds. The summed E-state index contributed by atoms with van der Waals surface area (Å²) in [7, 11) is 2.29. The van der Waals surface area contributed by atoms with Crippen molar-refractivity contribution in [1.29, 1.82) is 0 Å². The number of ether oxygens (including phenoxy) is 1. The van der Waals surface area contributed by atoms with Crippen molar-refractivity contribution in [3.05, 3.63) is 0 Å². The van der Waals surface area contributed by atoms with Gasteiger partial charge in [0, 0.05) is 6.04 Å². The van der Waals surface area contributed by atoms with E-state index < -0.39 is 0 Å². The van der Waals surface area contributed by atoms with Crippen LogP contribution in [0.5, 0.6) is 0 Å². The summed E-state index contributed by atoms with van der Waals surface area (Å²) in [6.07, 6.45) is 7.34. The van der Waals surface area contributed by atoms with Crippen LogP contribution in [-0.2, 0) is 4.74 Å². The third-order valence-electron chi connectivity index (χ3n) is 4.14. The molecule has 1 aliphatic carbocycles. The van der Waals surface area contributed by atoms with Crippen LogP contribution in [0.2, 0.25) is 5.82 Å². The van der Waals surface area contributed by atoms with Crippen molar-refractivity contribution in [2.24, 2.45) is 0 Å². The molecule has 3 nitrogen and oxygen atoms in total. The fraction of sp³-hybridized carbons (Fsp3) is 0.923. The summed E-state index contributed by atoms with van der Waals surface area (Å²) in [6.45, 7) is 4.17. The molecule has 1 saturated carbocycles. The van der Waals surface area contributed by atoms with Gasteiger partial charge in [0.2, 0.25) is 0 Å². The lowest BCUT2D eigenvalue weighted by molar-refractivity contribution is 0.122. The molecule has 2 aliphatic rings. The maximum atomic E-state index is 11.9. The molecule has 2 rings (SSSR count). The first-order valence-corrected chi connectivity index (χ1v) is 7.08. The largest absolute Gasteiger partial charge is 0.444 e. The van der Waals surface area contributed by atoms with Crippen LogP contribution in [0.3, 0.4) is 0 Å². The number of fused-ring (bicyclic) bond motifs is 1. The van der Waals surface area contributed by atoms with Gasteiger partial charge in [0.1, 0.15) is 14.0 Å². The topological polar surface area (TPSA) is 29.5 Å². The van der Waals surface area contributed by atoms with E-state index in [1.807, 2.05) is 4.90 Å². The van der Waals surface area contributed by atoms with Gasteiger partial charge in [-0.1, -0.05) is 31.5 Å². The van der Waals surface area contributed by atoms with Crippen molar-refractivity contribution in [3.8, 4) is 0 Å². The Hall–Kier alpha value is -0.665. The summed E-state index contributed by atoms with van der Waals surface area (Å²) >= 11 is 0. The van der Waals surface area contributed by atoms with Crippen LogP contribution >= 0.6 is 0 Å². The molecule has 17 heavy (non-hydrogen) atoms. The average molecular weight is 237 g/mol. The van der Waals surface area contributed by atoms with Gasteiger partial charge >= 0.3 is 6.09 Å². The van der Waals surface area contributed by atoms with Crippen molar-refractivity contribution in [2.75, 3.05) is 0 Å². The predicted molar refractivity (Wildman–Crippen MR) is 71.0 cm³/mol. The fourth-order valence-electron chi connectivity index (χ4n) is 3.24. The first-order valence-electron chi connectivity index (χ1n) is 7.08. The van der Waals surface area contributed by atoms with Gasteiger partial charge in [-0.2, -0.15) is 0 Å². The molecule has 0 aromatic rings. The molecule has 1 aliphatic heterocycles. The van der Waals surface area contributed by atoms with Crippen LogP contribution in [0.4, 0.5) is 4.79 Å². The third-order valence-corrected chi connectivity index (χ3v) is 4.14. The van der Waals surface area contributed by atoms with Gasteiger partial charge in [-0.25, -0.2) is 4.79 Å². The minimum absolute atomic E-state index is 0.0947. The smallest absolute Gasteiger partial charge is 0.410 e. The van der Waals surface area contributed by atoms with E-state index in [-0.39, 0.29) is 18.2 Å². The molecule has 3 unspecified atom stereocenters. The molecule has 0 aromatic carbocycles. The maximum absolute atomic E-state index is 11.9. The van der Waals surface area contributed by atoms with Gasteiger partial charge < -0.3 is 4.74 Å². The quantitative estimate of drug-likeness (QED) is 0.655. The fourth-order valence-corrected chi connectivity index (χ4v) is 3.24. The Labute approximate surface area is 105 Å². The molecule has 1 heterocycles. The van der Waals surface area contributed by atoms with Gasteiger partial charge in [0.25, 0.3) is 0 Å². The number of carbonyl (C=O) groups is 1. The Bertz CT molecular complexity index is 283. The van der Waals surface area contributed by atoms with Gasteiger partial charge in [-0.3, -0.25) is 4.90 Å². The minimum Gasteiger partial charge on any atom is -0.444 e. The Balaban J connectivity index is 2.12. The number of hydrogen-bond donors (Lipinski definition) is 0. The Morgan fingerprint density at radius 2 is 2.00 bits per heavy atom. The molecular weight excluding hydrogens is 213 g/mol. The van der Waals surface area contributed by atoms with E-state index in [1.165, 1.54) is 25.7 Å². The molecule has 1 saturated heterocycles.